The number of anilines is 2. The number of thiophene rings is 1. The highest BCUT2D eigenvalue weighted by Gasteiger charge is 2.19. The van der Waals surface area contributed by atoms with Crippen LogP contribution in [0.5, 0.6) is 0 Å². The van der Waals surface area contributed by atoms with Crippen molar-refractivity contribution in [2.24, 2.45) is 5.11 Å². The molecule has 8 nitrogen and oxygen atoms in total. The monoisotopic (exact) mass is 403 g/mol. The van der Waals surface area contributed by atoms with E-state index in [1.165, 1.54) is 11.3 Å². The van der Waals surface area contributed by atoms with Crippen molar-refractivity contribution >= 4 is 39.7 Å². The smallest absolute Gasteiger partial charge is 0.263 e. The second-order valence-electron chi connectivity index (χ2n) is 6.24. The van der Waals surface area contributed by atoms with Gasteiger partial charge in [0.1, 0.15) is 10.5 Å². The van der Waals surface area contributed by atoms with E-state index in [1.807, 2.05) is 60.1 Å². The second kappa shape index (κ2) is 8.47. The summed E-state index contributed by atoms with van der Waals surface area (Å²) < 4.78 is 0. The highest BCUT2D eigenvalue weighted by Crippen LogP contribution is 2.30. The molecule has 1 aromatic carbocycles. The van der Waals surface area contributed by atoms with Gasteiger partial charge in [-0.15, -0.1) is 11.3 Å². The van der Waals surface area contributed by atoms with Gasteiger partial charge in [0.2, 0.25) is 0 Å². The average molecular weight is 403 g/mol. The van der Waals surface area contributed by atoms with E-state index in [2.05, 4.69) is 30.6 Å². The van der Waals surface area contributed by atoms with Gasteiger partial charge in [-0.05, 0) is 34.7 Å². The van der Waals surface area contributed by atoms with Gasteiger partial charge in [-0.1, -0.05) is 35.4 Å². The number of nitrogens with one attached hydrogen (secondary N) is 3. The molecule has 9 heteroatoms. The molecule has 0 saturated carbocycles. The maximum atomic E-state index is 13.0. The summed E-state index contributed by atoms with van der Waals surface area (Å²) in [5.41, 5.74) is 11.9. The van der Waals surface area contributed by atoms with E-state index >= 15 is 0 Å². The quantitative estimate of drug-likeness (QED) is 0.225. The largest absolute Gasteiger partial charge is 0.354 e. The molecule has 0 bridgehead atoms. The van der Waals surface area contributed by atoms with Crippen LogP contribution in [0.4, 0.5) is 11.4 Å². The number of fused-ring (bicyclic) bond motifs is 1. The Labute approximate surface area is 170 Å². The Hall–Kier alpha value is -3.81. The van der Waals surface area contributed by atoms with Crippen LogP contribution in [0.2, 0.25) is 0 Å². The van der Waals surface area contributed by atoms with Gasteiger partial charge in [0.25, 0.3) is 5.91 Å². The Morgan fingerprint density at radius 3 is 2.90 bits per heavy atom. The number of aromatic amines is 1. The number of nitrogens with zero attached hydrogens (tertiary/aromatic N) is 4. The van der Waals surface area contributed by atoms with Crippen molar-refractivity contribution in [2.75, 3.05) is 11.9 Å². The number of carbonyl (C=O) groups is 1. The van der Waals surface area contributed by atoms with E-state index in [0.29, 0.717) is 10.6 Å². The normalized spacial score (nSPS) is 11.6. The predicted octanol–water partition coefficient (Wildman–Crippen LogP) is 5.15. The molecule has 1 atom stereocenters. The number of aromatic nitrogens is 2. The van der Waals surface area contributed by atoms with Crippen molar-refractivity contribution in [3.63, 3.8) is 0 Å². The van der Waals surface area contributed by atoms with E-state index in [9.17, 15) is 4.79 Å². The van der Waals surface area contributed by atoms with Gasteiger partial charge < -0.3 is 15.6 Å². The molecule has 0 fully saturated rings. The van der Waals surface area contributed by atoms with Crippen LogP contribution in [-0.2, 0) is 0 Å². The van der Waals surface area contributed by atoms with Gasteiger partial charge in [0, 0.05) is 22.7 Å². The number of H-pyrrole nitrogens is 1. The number of benzene rings is 1. The number of carbonyl (C=O) groups excluding carboxylic acids is 1. The lowest BCUT2D eigenvalue weighted by Gasteiger charge is -2.17. The van der Waals surface area contributed by atoms with Gasteiger partial charge in [-0.25, -0.2) is 4.98 Å². The molecule has 144 valence electrons. The van der Waals surface area contributed by atoms with Gasteiger partial charge in [-0.2, -0.15) is 0 Å². The summed E-state index contributed by atoms with van der Waals surface area (Å²) in [7, 11) is 0. The Bertz CT molecular complexity index is 1180. The van der Waals surface area contributed by atoms with Crippen molar-refractivity contribution in [2.45, 2.75) is 6.04 Å². The third-order valence-electron chi connectivity index (χ3n) is 4.44. The lowest BCUT2D eigenvalue weighted by atomic mass is 10.1. The molecule has 0 aliphatic rings. The van der Waals surface area contributed by atoms with E-state index in [-0.39, 0.29) is 12.5 Å². The van der Waals surface area contributed by atoms with Gasteiger partial charge >= 0.3 is 0 Å². The fraction of sp³-hybridized carbons (Fsp3) is 0.100. The molecule has 3 aromatic heterocycles. The second-order valence-corrected chi connectivity index (χ2v) is 7.15. The van der Waals surface area contributed by atoms with Crippen molar-refractivity contribution in [3.8, 4) is 0 Å². The standard InChI is InChI=1S/C20H17N7OS/c21-27-24-12-17(13-4-2-1-3-5-13)26-20(28)18-16(8-11-29-18)25-15-7-10-23-19-14(15)6-9-22-19/h1-11,17H,12H2,(H,26,28)(H2,22,23,25)/t17-/m1/s1. The topological polar surface area (TPSA) is 119 Å². The molecule has 0 aliphatic carbocycles. The molecule has 0 radical (unpaired) electrons. The minimum Gasteiger partial charge on any atom is -0.354 e. The molecule has 0 saturated heterocycles. The first kappa shape index (κ1) is 18.5. The molecule has 0 spiro atoms. The summed E-state index contributed by atoms with van der Waals surface area (Å²) >= 11 is 1.34. The third kappa shape index (κ3) is 4.06. The van der Waals surface area contributed by atoms with Crippen molar-refractivity contribution in [1.29, 1.82) is 0 Å². The zero-order valence-corrected chi connectivity index (χ0v) is 16.1. The minimum absolute atomic E-state index is 0.134. The van der Waals surface area contributed by atoms with Gasteiger partial charge in [0.15, 0.2) is 0 Å². The van der Waals surface area contributed by atoms with Crippen molar-refractivity contribution < 1.29 is 4.79 Å². The SMILES string of the molecule is [N-]=[N+]=NC[C@@H](NC(=O)c1sccc1Nc1ccnc2[nH]ccc12)c1ccccc1. The lowest BCUT2D eigenvalue weighted by molar-refractivity contribution is 0.0943. The number of hydrogen-bond donors (Lipinski definition) is 3. The molecule has 29 heavy (non-hydrogen) atoms. The molecule has 3 N–H and O–H groups in total. The predicted molar refractivity (Wildman–Crippen MR) is 114 cm³/mol. The van der Waals surface area contributed by atoms with Gasteiger partial charge in [0.05, 0.1) is 24.0 Å². The molecule has 0 unspecified atom stereocenters. The summed E-state index contributed by atoms with van der Waals surface area (Å²) in [5.74, 6) is -0.233. The highest BCUT2D eigenvalue weighted by atomic mass is 32.1. The Kier molecular flexibility index (Phi) is 5.42. The molecule has 4 rings (SSSR count). The maximum absolute atomic E-state index is 13.0. The first-order valence-corrected chi connectivity index (χ1v) is 9.77. The van der Waals surface area contributed by atoms with Crippen LogP contribution < -0.4 is 10.6 Å². The highest BCUT2D eigenvalue weighted by molar-refractivity contribution is 7.12. The van der Waals surface area contributed by atoms with Crippen LogP contribution in [0, 0.1) is 0 Å². The van der Waals surface area contributed by atoms with Crippen LogP contribution >= 0.6 is 11.3 Å². The van der Waals surface area contributed by atoms with E-state index in [4.69, 9.17) is 5.53 Å². The Morgan fingerprint density at radius 2 is 2.07 bits per heavy atom. The number of amides is 1. The molecule has 4 aromatic rings. The summed E-state index contributed by atoms with van der Waals surface area (Å²) in [6.07, 6.45) is 3.53. The van der Waals surface area contributed by atoms with Crippen LogP contribution in [0.15, 0.2) is 71.4 Å². The molecule has 3 heterocycles. The first-order valence-electron chi connectivity index (χ1n) is 8.89. The number of rotatable bonds is 7. The lowest BCUT2D eigenvalue weighted by Crippen LogP contribution is -2.30. The summed E-state index contributed by atoms with van der Waals surface area (Å²) in [6.45, 7) is 0.134. The molecule has 1 amide bonds. The molecular formula is C20H17N7OS. The maximum Gasteiger partial charge on any atom is 0.263 e. The Balaban J connectivity index is 1.57. The van der Waals surface area contributed by atoms with E-state index in [0.717, 1.165) is 22.3 Å². The van der Waals surface area contributed by atoms with Crippen LogP contribution in [-0.4, -0.2) is 22.4 Å². The van der Waals surface area contributed by atoms with Crippen LogP contribution in [0.25, 0.3) is 21.5 Å². The van der Waals surface area contributed by atoms with E-state index < -0.39 is 6.04 Å². The number of azide groups is 1. The first-order chi connectivity index (χ1) is 14.3. The molecular weight excluding hydrogens is 386 g/mol. The average Bonchev–Trinajstić information content (AvgIpc) is 3.41. The van der Waals surface area contributed by atoms with Crippen molar-refractivity contribution in [1.82, 2.24) is 15.3 Å². The Morgan fingerprint density at radius 1 is 1.21 bits per heavy atom. The summed E-state index contributed by atoms with van der Waals surface area (Å²) in [5, 5.41) is 12.7. The fourth-order valence-electron chi connectivity index (χ4n) is 3.06. The van der Waals surface area contributed by atoms with Crippen LogP contribution in [0.1, 0.15) is 21.3 Å². The zero-order valence-electron chi connectivity index (χ0n) is 15.2. The summed E-state index contributed by atoms with van der Waals surface area (Å²) in [4.78, 5) is 23.7. The zero-order chi connectivity index (χ0) is 20.1. The number of hydrogen-bond acceptors (Lipinski definition) is 5. The van der Waals surface area contributed by atoms with Gasteiger partial charge in [-0.3, -0.25) is 4.79 Å². The molecule has 0 aliphatic heterocycles. The number of pyridine rings is 1. The minimum atomic E-state index is -0.410. The fourth-order valence-corrected chi connectivity index (χ4v) is 3.81. The summed E-state index contributed by atoms with van der Waals surface area (Å²) in [6, 6.07) is 14.7. The van der Waals surface area contributed by atoms with Crippen molar-refractivity contribution in [3.05, 3.63) is 87.2 Å². The van der Waals surface area contributed by atoms with E-state index in [1.54, 1.807) is 6.20 Å². The van der Waals surface area contributed by atoms with Crippen LogP contribution in [0.3, 0.4) is 0 Å². The third-order valence-corrected chi connectivity index (χ3v) is 5.35.